The van der Waals surface area contributed by atoms with E-state index in [1.807, 2.05) is 12.1 Å². The Morgan fingerprint density at radius 2 is 2.50 bits per heavy atom. The first kappa shape index (κ1) is 9.29. The van der Waals surface area contributed by atoms with Gasteiger partial charge in [-0.2, -0.15) is 0 Å². The number of pyridine rings is 1. The predicted octanol–water partition coefficient (Wildman–Crippen LogP) is 0.832. The third-order valence-electron chi connectivity index (χ3n) is 1.92. The van der Waals surface area contributed by atoms with E-state index in [1.165, 1.54) is 5.56 Å². The first-order valence-corrected chi connectivity index (χ1v) is 3.71. The summed E-state index contributed by atoms with van der Waals surface area (Å²) in [6.45, 7) is 0.177. The van der Waals surface area contributed by atoms with Crippen molar-refractivity contribution in [1.29, 1.82) is 0 Å². The second-order valence-corrected chi connectivity index (χ2v) is 2.74. The third-order valence-corrected chi connectivity index (χ3v) is 1.92. The van der Waals surface area contributed by atoms with Crippen molar-refractivity contribution in [1.82, 2.24) is 4.98 Å². The molecule has 1 unspecified atom stereocenters. The third kappa shape index (κ3) is 1.52. The molecule has 12 heavy (non-hydrogen) atoms. The zero-order valence-corrected chi connectivity index (χ0v) is 7.34. The van der Waals surface area contributed by atoms with Gasteiger partial charge in [0.1, 0.15) is 5.82 Å². The number of hydrogen-bond donors (Lipinski definition) is 2. The number of anilines is 1. The summed E-state index contributed by atoms with van der Waals surface area (Å²) in [7, 11) is 0. The molecule has 0 amide bonds. The fourth-order valence-corrected chi connectivity index (χ4v) is 1.35. The van der Waals surface area contributed by atoms with E-state index >= 15 is 0 Å². The SMILES string of the molecule is Cl.OCC1Cc2cccnc2N1. The van der Waals surface area contributed by atoms with Crippen LogP contribution in [0.4, 0.5) is 5.82 Å². The van der Waals surface area contributed by atoms with Gasteiger partial charge in [0.15, 0.2) is 0 Å². The first-order chi connectivity index (χ1) is 5.40. The Hall–Kier alpha value is -0.800. The van der Waals surface area contributed by atoms with Gasteiger partial charge in [-0.3, -0.25) is 0 Å². The summed E-state index contributed by atoms with van der Waals surface area (Å²) < 4.78 is 0. The summed E-state index contributed by atoms with van der Waals surface area (Å²) in [4.78, 5) is 4.14. The smallest absolute Gasteiger partial charge is 0.129 e. The Bertz CT molecular complexity index is 242. The molecule has 1 aliphatic rings. The standard InChI is InChI=1S/C8H10N2O.ClH/c11-5-7-4-6-2-1-3-9-8(6)10-7;/h1-3,7,11H,4-5H2,(H,9,10);1H. The number of aromatic nitrogens is 1. The van der Waals surface area contributed by atoms with E-state index < -0.39 is 0 Å². The molecule has 0 saturated heterocycles. The van der Waals surface area contributed by atoms with E-state index in [-0.39, 0.29) is 25.1 Å². The van der Waals surface area contributed by atoms with Gasteiger partial charge in [-0.1, -0.05) is 6.07 Å². The predicted molar refractivity (Wildman–Crippen MR) is 49.7 cm³/mol. The number of rotatable bonds is 1. The molecule has 0 saturated carbocycles. The second kappa shape index (κ2) is 3.74. The van der Waals surface area contributed by atoms with Gasteiger partial charge < -0.3 is 10.4 Å². The van der Waals surface area contributed by atoms with Crippen LogP contribution in [0.3, 0.4) is 0 Å². The monoisotopic (exact) mass is 186 g/mol. The number of hydrogen-bond acceptors (Lipinski definition) is 3. The van der Waals surface area contributed by atoms with E-state index in [9.17, 15) is 0 Å². The highest BCUT2D eigenvalue weighted by Gasteiger charge is 2.19. The molecular formula is C8H11ClN2O. The molecule has 0 spiro atoms. The lowest BCUT2D eigenvalue weighted by Gasteiger charge is -2.03. The molecule has 1 aromatic rings. The summed E-state index contributed by atoms with van der Waals surface area (Å²) in [5.41, 5.74) is 1.20. The van der Waals surface area contributed by atoms with Crippen LogP contribution >= 0.6 is 12.4 Å². The van der Waals surface area contributed by atoms with Crippen LogP contribution in [0.25, 0.3) is 0 Å². The van der Waals surface area contributed by atoms with Gasteiger partial charge in [-0.05, 0) is 18.1 Å². The number of fused-ring (bicyclic) bond motifs is 1. The van der Waals surface area contributed by atoms with Crippen molar-refractivity contribution in [2.75, 3.05) is 11.9 Å². The van der Waals surface area contributed by atoms with E-state index in [0.29, 0.717) is 0 Å². The molecular weight excluding hydrogens is 176 g/mol. The summed E-state index contributed by atoms with van der Waals surface area (Å²) in [6, 6.07) is 4.12. The van der Waals surface area contributed by atoms with Gasteiger partial charge in [-0.25, -0.2) is 4.98 Å². The maximum Gasteiger partial charge on any atom is 0.129 e. The molecule has 1 atom stereocenters. The van der Waals surface area contributed by atoms with E-state index in [4.69, 9.17) is 5.11 Å². The Morgan fingerprint density at radius 3 is 3.17 bits per heavy atom. The number of aliphatic hydroxyl groups is 1. The number of aliphatic hydroxyl groups excluding tert-OH is 1. The summed E-state index contributed by atoms with van der Waals surface area (Å²) in [5.74, 6) is 0.923. The maximum absolute atomic E-state index is 8.85. The van der Waals surface area contributed by atoms with E-state index in [0.717, 1.165) is 12.2 Å². The van der Waals surface area contributed by atoms with E-state index in [2.05, 4.69) is 10.3 Å². The zero-order chi connectivity index (χ0) is 7.68. The minimum atomic E-state index is 0. The van der Waals surface area contributed by atoms with Gasteiger partial charge in [0.05, 0.1) is 12.6 Å². The number of halogens is 1. The highest BCUT2D eigenvalue weighted by Crippen LogP contribution is 2.21. The lowest BCUT2D eigenvalue weighted by atomic mass is 10.2. The van der Waals surface area contributed by atoms with Gasteiger partial charge in [-0.15, -0.1) is 12.4 Å². The van der Waals surface area contributed by atoms with Crippen LogP contribution in [0.2, 0.25) is 0 Å². The number of nitrogens with one attached hydrogen (secondary N) is 1. The average Bonchev–Trinajstić information content (AvgIpc) is 2.46. The molecule has 2 rings (SSSR count). The number of nitrogens with zero attached hydrogens (tertiary/aromatic N) is 1. The van der Waals surface area contributed by atoms with Gasteiger partial charge in [0.25, 0.3) is 0 Å². The Morgan fingerprint density at radius 1 is 1.67 bits per heavy atom. The minimum absolute atomic E-state index is 0. The lowest BCUT2D eigenvalue weighted by Crippen LogP contribution is -2.19. The molecule has 2 N–H and O–H groups in total. The van der Waals surface area contributed by atoms with Crippen molar-refractivity contribution in [2.45, 2.75) is 12.5 Å². The summed E-state index contributed by atoms with van der Waals surface area (Å²) in [5, 5.41) is 12.0. The van der Waals surface area contributed by atoms with Crippen LogP contribution in [0, 0.1) is 0 Å². The van der Waals surface area contributed by atoms with Crippen LogP contribution in [-0.4, -0.2) is 22.7 Å². The van der Waals surface area contributed by atoms with Crippen molar-refractivity contribution in [2.24, 2.45) is 0 Å². The normalized spacial score (nSPS) is 19.2. The fourth-order valence-electron chi connectivity index (χ4n) is 1.35. The molecule has 2 heterocycles. The quantitative estimate of drug-likeness (QED) is 0.683. The molecule has 66 valence electrons. The van der Waals surface area contributed by atoms with Crippen LogP contribution in [0.5, 0.6) is 0 Å². The van der Waals surface area contributed by atoms with Gasteiger partial charge in [0.2, 0.25) is 0 Å². The fraction of sp³-hybridized carbons (Fsp3) is 0.375. The van der Waals surface area contributed by atoms with Crippen molar-refractivity contribution >= 4 is 18.2 Å². The van der Waals surface area contributed by atoms with Crippen LogP contribution in [-0.2, 0) is 6.42 Å². The lowest BCUT2D eigenvalue weighted by molar-refractivity contribution is 0.277. The molecule has 4 heteroatoms. The molecule has 0 radical (unpaired) electrons. The highest BCUT2D eigenvalue weighted by molar-refractivity contribution is 5.85. The Labute approximate surface area is 77.2 Å². The molecule has 1 aliphatic heterocycles. The van der Waals surface area contributed by atoms with Crippen molar-refractivity contribution in [3.05, 3.63) is 23.9 Å². The average molecular weight is 187 g/mol. The minimum Gasteiger partial charge on any atom is -0.394 e. The van der Waals surface area contributed by atoms with Crippen LogP contribution < -0.4 is 5.32 Å². The Kier molecular flexibility index (Phi) is 2.89. The first-order valence-electron chi connectivity index (χ1n) is 3.71. The molecule has 0 aliphatic carbocycles. The highest BCUT2D eigenvalue weighted by atomic mass is 35.5. The second-order valence-electron chi connectivity index (χ2n) is 2.74. The largest absolute Gasteiger partial charge is 0.394 e. The maximum atomic E-state index is 8.85. The van der Waals surface area contributed by atoms with Gasteiger partial charge >= 0.3 is 0 Å². The Balaban J connectivity index is 0.000000720. The topological polar surface area (TPSA) is 45.2 Å². The summed E-state index contributed by atoms with van der Waals surface area (Å²) >= 11 is 0. The van der Waals surface area contributed by atoms with Crippen molar-refractivity contribution < 1.29 is 5.11 Å². The summed E-state index contributed by atoms with van der Waals surface area (Å²) in [6.07, 6.45) is 2.64. The van der Waals surface area contributed by atoms with Crippen molar-refractivity contribution in [3.63, 3.8) is 0 Å². The van der Waals surface area contributed by atoms with Crippen LogP contribution in [0.15, 0.2) is 18.3 Å². The zero-order valence-electron chi connectivity index (χ0n) is 6.53. The molecule has 1 aromatic heterocycles. The molecule has 0 aromatic carbocycles. The molecule has 3 nitrogen and oxygen atoms in total. The van der Waals surface area contributed by atoms with Crippen LogP contribution in [0.1, 0.15) is 5.56 Å². The van der Waals surface area contributed by atoms with Crippen molar-refractivity contribution in [3.8, 4) is 0 Å². The molecule has 0 bridgehead atoms. The molecule has 0 fully saturated rings. The van der Waals surface area contributed by atoms with E-state index in [1.54, 1.807) is 6.20 Å². The van der Waals surface area contributed by atoms with Gasteiger partial charge in [0, 0.05) is 6.20 Å².